The van der Waals surface area contributed by atoms with Crippen molar-refractivity contribution in [1.29, 1.82) is 0 Å². The molecule has 1 fully saturated rings. The van der Waals surface area contributed by atoms with Crippen LogP contribution in [0, 0.1) is 18.7 Å². The molecule has 1 atom stereocenters. The molecule has 1 aliphatic rings. The van der Waals surface area contributed by atoms with Gasteiger partial charge in [-0.1, -0.05) is 6.07 Å². The highest BCUT2D eigenvalue weighted by molar-refractivity contribution is 5.99. The summed E-state index contributed by atoms with van der Waals surface area (Å²) < 4.78 is 14.3. The molecule has 9 heteroatoms. The van der Waals surface area contributed by atoms with Gasteiger partial charge in [0.2, 0.25) is 6.41 Å². The highest BCUT2D eigenvalue weighted by atomic mass is 19.1. The first-order valence-electron chi connectivity index (χ1n) is 10.3. The lowest BCUT2D eigenvalue weighted by Gasteiger charge is -2.33. The van der Waals surface area contributed by atoms with Crippen LogP contribution in [0.15, 0.2) is 36.5 Å². The van der Waals surface area contributed by atoms with Gasteiger partial charge in [-0.2, -0.15) is 0 Å². The Morgan fingerprint density at radius 3 is 2.94 bits per heavy atom. The van der Waals surface area contributed by atoms with Crippen LogP contribution >= 0.6 is 0 Å². The highest BCUT2D eigenvalue weighted by Gasteiger charge is 2.21. The highest BCUT2D eigenvalue weighted by Crippen LogP contribution is 2.22. The van der Waals surface area contributed by atoms with Gasteiger partial charge in [0, 0.05) is 25.8 Å². The third-order valence-corrected chi connectivity index (χ3v) is 5.12. The van der Waals surface area contributed by atoms with Crippen molar-refractivity contribution in [2.24, 2.45) is 5.92 Å². The van der Waals surface area contributed by atoms with Crippen LogP contribution in [0.3, 0.4) is 0 Å². The fraction of sp³-hybridized carbons (Fsp3) is 0.409. The number of aromatic nitrogens is 1. The molecule has 3 amide bonds. The van der Waals surface area contributed by atoms with Gasteiger partial charge in [-0.05, 0) is 62.1 Å². The number of hydrogen-bond acceptors (Lipinski definition) is 5. The Bertz CT molecular complexity index is 893. The van der Waals surface area contributed by atoms with E-state index in [1.54, 1.807) is 37.5 Å². The number of urea groups is 1. The smallest absolute Gasteiger partial charge is 0.306 e. The molecular weight excluding hydrogens is 401 g/mol. The number of likely N-dealkylation sites (tertiary alicyclic amines) is 1. The summed E-state index contributed by atoms with van der Waals surface area (Å²) in [6.45, 7) is 4.73. The van der Waals surface area contributed by atoms with E-state index in [-0.39, 0.29) is 5.69 Å². The minimum atomic E-state index is -0.531. The summed E-state index contributed by atoms with van der Waals surface area (Å²) in [4.78, 5) is 34.7. The molecule has 3 rings (SSSR count). The molecule has 1 aromatic carbocycles. The average molecular weight is 429 g/mol. The van der Waals surface area contributed by atoms with E-state index >= 15 is 0 Å². The first-order valence-corrected chi connectivity index (χ1v) is 10.3. The van der Waals surface area contributed by atoms with Gasteiger partial charge < -0.3 is 10.6 Å². The van der Waals surface area contributed by atoms with Gasteiger partial charge in [0.1, 0.15) is 5.82 Å². The molecule has 1 aliphatic heterocycles. The molecule has 166 valence electrons. The Kier molecular flexibility index (Phi) is 7.91. The van der Waals surface area contributed by atoms with Crippen molar-refractivity contribution in [2.45, 2.75) is 26.3 Å². The average Bonchev–Trinajstić information content (AvgIpc) is 2.76. The number of carbonyl (C=O) groups is 2. The van der Waals surface area contributed by atoms with Crippen LogP contribution in [0.4, 0.5) is 20.6 Å². The van der Waals surface area contributed by atoms with E-state index in [4.69, 9.17) is 4.84 Å². The lowest BCUT2D eigenvalue weighted by Crippen LogP contribution is -2.37. The Morgan fingerprint density at radius 1 is 1.35 bits per heavy atom. The van der Waals surface area contributed by atoms with Crippen LogP contribution in [0.2, 0.25) is 0 Å². The number of hydrogen-bond donors (Lipinski definition) is 2. The maximum atomic E-state index is 14.3. The molecule has 2 aromatic rings. The van der Waals surface area contributed by atoms with Crippen molar-refractivity contribution in [1.82, 2.24) is 14.9 Å². The summed E-state index contributed by atoms with van der Waals surface area (Å²) in [5, 5.41) is 6.39. The minimum absolute atomic E-state index is 0.125. The van der Waals surface area contributed by atoms with Crippen molar-refractivity contribution >= 4 is 23.8 Å². The van der Waals surface area contributed by atoms with Crippen LogP contribution in [0.5, 0.6) is 0 Å². The maximum Gasteiger partial charge on any atom is 0.323 e. The van der Waals surface area contributed by atoms with E-state index in [0.29, 0.717) is 31.2 Å². The third-order valence-electron chi connectivity index (χ3n) is 5.12. The van der Waals surface area contributed by atoms with E-state index in [2.05, 4.69) is 20.5 Å². The molecule has 0 bridgehead atoms. The molecule has 1 saturated heterocycles. The predicted octanol–water partition coefficient (Wildman–Crippen LogP) is 3.40. The Hall–Kier alpha value is -3.04. The van der Waals surface area contributed by atoms with Gasteiger partial charge >= 0.3 is 6.03 Å². The third kappa shape index (κ3) is 7.01. The second kappa shape index (κ2) is 10.8. The summed E-state index contributed by atoms with van der Waals surface area (Å²) in [7, 11) is 1.58. The number of nitrogens with zero attached hydrogens (tertiary/aromatic N) is 3. The number of benzene rings is 1. The van der Waals surface area contributed by atoms with Crippen LogP contribution in [-0.2, 0) is 16.2 Å². The number of amides is 3. The number of aryl methyl sites for hydroxylation is 1. The number of nitrogens with one attached hydrogen (secondary N) is 2. The fourth-order valence-corrected chi connectivity index (χ4v) is 3.54. The molecule has 0 aliphatic carbocycles. The lowest BCUT2D eigenvalue weighted by atomic mass is 9.98. The van der Waals surface area contributed by atoms with E-state index in [1.807, 2.05) is 6.92 Å². The first kappa shape index (κ1) is 22.6. The van der Waals surface area contributed by atoms with Crippen LogP contribution in [0.1, 0.15) is 24.1 Å². The van der Waals surface area contributed by atoms with Gasteiger partial charge in [-0.3, -0.25) is 19.5 Å². The number of piperidine rings is 1. The minimum Gasteiger partial charge on any atom is -0.306 e. The van der Waals surface area contributed by atoms with Gasteiger partial charge in [0.15, 0.2) is 0 Å². The molecule has 8 nitrogen and oxygen atoms in total. The molecule has 0 unspecified atom stereocenters. The quantitative estimate of drug-likeness (QED) is 0.496. The zero-order valence-electron chi connectivity index (χ0n) is 17.8. The molecular formula is C22H28FN5O3. The summed E-state index contributed by atoms with van der Waals surface area (Å²) in [6, 6.07) is 7.73. The molecule has 2 N–H and O–H groups in total. The first-order chi connectivity index (χ1) is 14.9. The van der Waals surface area contributed by atoms with E-state index in [9.17, 15) is 14.0 Å². The SMILES string of the molecule is Cc1ccc(NC(=O)Nc2cc(CN3CCC[C@@H](CON(C)C=O)C3)ccc2F)cn1. The van der Waals surface area contributed by atoms with E-state index in [0.717, 1.165) is 37.2 Å². The second-order valence-electron chi connectivity index (χ2n) is 7.77. The lowest BCUT2D eigenvalue weighted by molar-refractivity contribution is -0.169. The number of anilines is 2. The predicted molar refractivity (Wildman–Crippen MR) is 116 cm³/mol. The van der Waals surface area contributed by atoms with Crippen LogP contribution < -0.4 is 10.6 Å². The van der Waals surface area contributed by atoms with Gasteiger partial charge in [0.25, 0.3) is 0 Å². The standard InChI is InChI=1S/C22H28FN5O3/c1-16-5-7-19(11-24-16)25-22(30)26-21-10-17(6-8-20(21)23)12-28-9-3-4-18(13-28)14-31-27(2)15-29/h5-8,10-11,15,18H,3-4,9,12-14H2,1-2H3,(H2,25,26,30)/t18-/m1/s1. The largest absolute Gasteiger partial charge is 0.323 e. The Morgan fingerprint density at radius 2 is 2.19 bits per heavy atom. The Labute approximate surface area is 181 Å². The Balaban J connectivity index is 1.56. The number of carbonyl (C=O) groups excluding carboxylic acids is 2. The van der Waals surface area contributed by atoms with Crippen molar-refractivity contribution in [3.8, 4) is 0 Å². The number of hydroxylamine groups is 2. The van der Waals surface area contributed by atoms with Gasteiger partial charge in [-0.15, -0.1) is 0 Å². The molecule has 0 radical (unpaired) electrons. The number of pyridine rings is 1. The van der Waals surface area contributed by atoms with Gasteiger partial charge in [0.05, 0.1) is 24.2 Å². The van der Waals surface area contributed by atoms with E-state index in [1.165, 1.54) is 11.1 Å². The van der Waals surface area contributed by atoms with Crippen molar-refractivity contribution in [3.05, 3.63) is 53.6 Å². The van der Waals surface area contributed by atoms with Crippen molar-refractivity contribution in [3.63, 3.8) is 0 Å². The maximum absolute atomic E-state index is 14.3. The molecule has 0 spiro atoms. The summed E-state index contributed by atoms with van der Waals surface area (Å²) >= 11 is 0. The monoisotopic (exact) mass is 429 g/mol. The zero-order valence-corrected chi connectivity index (χ0v) is 17.8. The second-order valence-corrected chi connectivity index (χ2v) is 7.77. The molecule has 2 heterocycles. The van der Waals surface area contributed by atoms with Gasteiger partial charge in [-0.25, -0.2) is 14.2 Å². The zero-order chi connectivity index (χ0) is 22.2. The molecule has 1 aromatic heterocycles. The summed E-state index contributed by atoms with van der Waals surface area (Å²) in [6.07, 6.45) is 4.25. The topological polar surface area (TPSA) is 86.8 Å². The normalized spacial score (nSPS) is 16.5. The number of rotatable bonds is 8. The van der Waals surface area contributed by atoms with E-state index < -0.39 is 11.8 Å². The van der Waals surface area contributed by atoms with Crippen molar-refractivity contribution < 1.29 is 18.8 Å². The van der Waals surface area contributed by atoms with Crippen molar-refractivity contribution in [2.75, 3.05) is 37.4 Å². The molecule has 0 saturated carbocycles. The molecule has 31 heavy (non-hydrogen) atoms. The fourth-order valence-electron chi connectivity index (χ4n) is 3.54. The summed E-state index contributed by atoms with van der Waals surface area (Å²) in [5.74, 6) is -0.175. The van der Waals surface area contributed by atoms with Crippen LogP contribution in [0.25, 0.3) is 0 Å². The number of halogens is 1. The summed E-state index contributed by atoms with van der Waals surface area (Å²) in [5.41, 5.74) is 2.40. The van der Waals surface area contributed by atoms with Crippen LogP contribution in [-0.4, -0.2) is 54.1 Å².